The fourth-order valence-corrected chi connectivity index (χ4v) is 2.18. The molecule has 3 rings (SSSR count). The van der Waals surface area contributed by atoms with Gasteiger partial charge in [-0.05, 0) is 12.1 Å². The number of carbonyl (C=O) groups is 1. The van der Waals surface area contributed by atoms with Crippen LogP contribution in [0.15, 0.2) is 22.6 Å². The van der Waals surface area contributed by atoms with Crippen LogP contribution in [0.1, 0.15) is 12.3 Å². The Kier molecular flexibility index (Phi) is 2.16. The fraction of sp³-hybridized carbons (Fsp3) is 0.333. The highest BCUT2D eigenvalue weighted by Gasteiger charge is 2.30. The van der Waals surface area contributed by atoms with Crippen molar-refractivity contribution in [1.82, 2.24) is 4.98 Å². The second-order valence-corrected chi connectivity index (χ2v) is 4.22. The third-order valence-corrected chi connectivity index (χ3v) is 2.90. The van der Waals surface area contributed by atoms with Crippen molar-refractivity contribution >= 4 is 22.7 Å². The van der Waals surface area contributed by atoms with Gasteiger partial charge in [0.1, 0.15) is 5.52 Å². The first-order valence-electron chi connectivity index (χ1n) is 5.50. The van der Waals surface area contributed by atoms with Gasteiger partial charge in [0.2, 0.25) is 5.91 Å². The van der Waals surface area contributed by atoms with Gasteiger partial charge in [0, 0.05) is 6.92 Å². The standard InChI is InChI=1S/C12H12N2O3/c1-7-13-12-9(3-2-4-10(12)17-7)14-6-8(15)5-11(14)16/h2-4,8,15H,5-6H2,1H3. The zero-order chi connectivity index (χ0) is 12.0. The maximum Gasteiger partial charge on any atom is 0.229 e. The lowest BCUT2D eigenvalue weighted by Gasteiger charge is -2.15. The van der Waals surface area contributed by atoms with Crippen molar-refractivity contribution in [2.45, 2.75) is 19.4 Å². The highest BCUT2D eigenvalue weighted by Crippen LogP contribution is 2.29. The van der Waals surface area contributed by atoms with E-state index in [0.29, 0.717) is 29.2 Å². The molecule has 0 spiro atoms. The maximum absolute atomic E-state index is 11.7. The van der Waals surface area contributed by atoms with Gasteiger partial charge in [-0.2, -0.15) is 0 Å². The monoisotopic (exact) mass is 232 g/mol. The summed E-state index contributed by atoms with van der Waals surface area (Å²) in [4.78, 5) is 17.6. The lowest BCUT2D eigenvalue weighted by molar-refractivity contribution is -0.117. The number of benzene rings is 1. The van der Waals surface area contributed by atoms with Crippen molar-refractivity contribution in [2.75, 3.05) is 11.4 Å². The number of aliphatic hydroxyl groups excluding tert-OH is 1. The molecule has 0 radical (unpaired) electrons. The quantitative estimate of drug-likeness (QED) is 0.803. The van der Waals surface area contributed by atoms with Crippen LogP contribution in [0.5, 0.6) is 0 Å². The number of aryl methyl sites for hydroxylation is 1. The first kappa shape index (κ1) is 10.3. The number of carbonyl (C=O) groups excluding carboxylic acids is 1. The topological polar surface area (TPSA) is 66.6 Å². The van der Waals surface area contributed by atoms with Crippen LogP contribution in [-0.4, -0.2) is 28.6 Å². The molecule has 1 saturated heterocycles. The minimum absolute atomic E-state index is 0.0781. The van der Waals surface area contributed by atoms with E-state index in [-0.39, 0.29) is 12.3 Å². The first-order chi connectivity index (χ1) is 8.15. The third-order valence-electron chi connectivity index (χ3n) is 2.90. The van der Waals surface area contributed by atoms with Crippen molar-refractivity contribution in [3.8, 4) is 0 Å². The Morgan fingerprint density at radius 3 is 3.06 bits per heavy atom. The van der Waals surface area contributed by atoms with Crippen molar-refractivity contribution in [3.05, 3.63) is 24.1 Å². The Balaban J connectivity index is 2.14. The summed E-state index contributed by atoms with van der Waals surface area (Å²) >= 11 is 0. The van der Waals surface area contributed by atoms with Gasteiger partial charge in [0.05, 0.1) is 24.8 Å². The number of rotatable bonds is 1. The van der Waals surface area contributed by atoms with Crippen LogP contribution < -0.4 is 4.90 Å². The van der Waals surface area contributed by atoms with E-state index in [9.17, 15) is 9.90 Å². The van der Waals surface area contributed by atoms with Gasteiger partial charge < -0.3 is 14.4 Å². The number of para-hydroxylation sites is 1. The molecule has 5 nitrogen and oxygen atoms in total. The van der Waals surface area contributed by atoms with Gasteiger partial charge in [-0.1, -0.05) is 6.07 Å². The van der Waals surface area contributed by atoms with E-state index in [4.69, 9.17) is 4.42 Å². The second-order valence-electron chi connectivity index (χ2n) is 4.22. The van der Waals surface area contributed by atoms with E-state index in [2.05, 4.69) is 4.98 Å². The number of hydrogen-bond donors (Lipinski definition) is 1. The summed E-state index contributed by atoms with van der Waals surface area (Å²) in [6, 6.07) is 5.45. The van der Waals surface area contributed by atoms with Crippen LogP contribution in [0.4, 0.5) is 5.69 Å². The number of β-amino-alcohol motifs (C(OH)–C–C–N with tert-alkyl or cyclic N) is 1. The van der Waals surface area contributed by atoms with Crippen molar-refractivity contribution in [3.63, 3.8) is 0 Å². The number of fused-ring (bicyclic) bond motifs is 1. The Morgan fingerprint density at radius 1 is 1.53 bits per heavy atom. The molecule has 1 N–H and O–H groups in total. The number of aromatic nitrogens is 1. The zero-order valence-corrected chi connectivity index (χ0v) is 9.38. The first-order valence-corrected chi connectivity index (χ1v) is 5.50. The number of oxazole rings is 1. The molecule has 1 amide bonds. The van der Waals surface area contributed by atoms with Gasteiger partial charge in [-0.15, -0.1) is 0 Å². The summed E-state index contributed by atoms with van der Waals surface area (Å²) in [5.41, 5.74) is 2.04. The molecule has 88 valence electrons. The fourth-order valence-electron chi connectivity index (χ4n) is 2.18. The Bertz CT molecular complexity index is 590. The molecule has 0 bridgehead atoms. The second kappa shape index (κ2) is 3.56. The molecular weight excluding hydrogens is 220 g/mol. The van der Waals surface area contributed by atoms with Crippen LogP contribution in [-0.2, 0) is 4.79 Å². The van der Waals surface area contributed by atoms with Gasteiger partial charge in [0.25, 0.3) is 0 Å². The predicted molar refractivity (Wildman–Crippen MR) is 61.7 cm³/mol. The molecule has 2 heterocycles. The molecule has 1 aliphatic heterocycles. The van der Waals surface area contributed by atoms with Crippen LogP contribution in [0.2, 0.25) is 0 Å². The average molecular weight is 232 g/mol. The molecule has 2 aromatic rings. The van der Waals surface area contributed by atoms with Crippen LogP contribution in [0.25, 0.3) is 11.1 Å². The molecule has 0 aliphatic carbocycles. The van der Waals surface area contributed by atoms with Crippen LogP contribution >= 0.6 is 0 Å². The zero-order valence-electron chi connectivity index (χ0n) is 9.38. The van der Waals surface area contributed by atoms with E-state index < -0.39 is 6.10 Å². The summed E-state index contributed by atoms with van der Waals surface area (Å²) in [5, 5.41) is 9.50. The number of amides is 1. The number of aliphatic hydroxyl groups is 1. The third kappa shape index (κ3) is 1.59. The summed E-state index contributed by atoms with van der Waals surface area (Å²) in [6.07, 6.45) is -0.418. The largest absolute Gasteiger partial charge is 0.441 e. The SMILES string of the molecule is Cc1nc2c(N3CC(O)CC3=O)cccc2o1. The van der Waals surface area contributed by atoms with Crippen molar-refractivity contribution in [1.29, 1.82) is 0 Å². The summed E-state index contributed by atoms with van der Waals surface area (Å²) in [6.45, 7) is 2.09. The molecule has 1 unspecified atom stereocenters. The molecule has 1 aliphatic rings. The lowest BCUT2D eigenvalue weighted by atomic mass is 10.2. The minimum atomic E-state index is -0.592. The predicted octanol–water partition coefficient (Wildman–Crippen LogP) is 1.23. The van der Waals surface area contributed by atoms with E-state index in [0.717, 1.165) is 0 Å². The summed E-state index contributed by atoms with van der Waals surface area (Å²) in [5.74, 6) is 0.491. The molecule has 1 atom stereocenters. The van der Waals surface area contributed by atoms with Gasteiger partial charge in [0.15, 0.2) is 11.5 Å². The smallest absolute Gasteiger partial charge is 0.229 e. The number of nitrogens with zero attached hydrogens (tertiary/aromatic N) is 2. The lowest BCUT2D eigenvalue weighted by Crippen LogP contribution is -2.25. The number of anilines is 1. The highest BCUT2D eigenvalue weighted by atomic mass is 16.3. The normalized spacial score (nSPS) is 20.5. The molecule has 1 fully saturated rings. The van der Waals surface area contributed by atoms with E-state index >= 15 is 0 Å². The van der Waals surface area contributed by atoms with E-state index in [1.54, 1.807) is 11.8 Å². The van der Waals surface area contributed by atoms with Crippen LogP contribution in [0.3, 0.4) is 0 Å². The number of hydrogen-bond acceptors (Lipinski definition) is 4. The molecule has 1 aromatic heterocycles. The average Bonchev–Trinajstić information content (AvgIpc) is 2.79. The summed E-state index contributed by atoms with van der Waals surface area (Å²) in [7, 11) is 0. The van der Waals surface area contributed by atoms with E-state index in [1.807, 2.05) is 18.2 Å². The van der Waals surface area contributed by atoms with Crippen LogP contribution in [0, 0.1) is 6.92 Å². The van der Waals surface area contributed by atoms with Gasteiger partial charge >= 0.3 is 0 Å². The summed E-state index contributed by atoms with van der Waals surface area (Å²) < 4.78 is 5.42. The van der Waals surface area contributed by atoms with Gasteiger partial charge in [-0.3, -0.25) is 4.79 Å². The minimum Gasteiger partial charge on any atom is -0.441 e. The molecular formula is C12H12N2O3. The molecule has 1 aromatic carbocycles. The van der Waals surface area contributed by atoms with Gasteiger partial charge in [-0.25, -0.2) is 4.98 Å². The van der Waals surface area contributed by atoms with E-state index in [1.165, 1.54) is 0 Å². The Morgan fingerprint density at radius 2 is 2.35 bits per heavy atom. The highest BCUT2D eigenvalue weighted by molar-refractivity contribution is 6.02. The molecule has 17 heavy (non-hydrogen) atoms. The van der Waals surface area contributed by atoms with Crippen molar-refractivity contribution < 1.29 is 14.3 Å². The van der Waals surface area contributed by atoms with Crippen molar-refractivity contribution in [2.24, 2.45) is 0 Å². The molecule has 0 saturated carbocycles. The maximum atomic E-state index is 11.7. The Hall–Kier alpha value is -1.88. The molecule has 5 heteroatoms. The Labute approximate surface area is 97.7 Å².